The molecule has 4 aromatic rings. The number of hydrogen-bond donors (Lipinski definition) is 0. The van der Waals surface area contributed by atoms with E-state index in [-0.39, 0.29) is 5.56 Å². The van der Waals surface area contributed by atoms with Crippen molar-refractivity contribution in [1.29, 1.82) is 0 Å². The molecule has 0 aliphatic carbocycles. The molecule has 3 nitrogen and oxygen atoms in total. The van der Waals surface area contributed by atoms with E-state index in [0.717, 1.165) is 31.9 Å². The molecule has 0 aliphatic heterocycles. The van der Waals surface area contributed by atoms with Gasteiger partial charge in [-0.1, -0.05) is 74.1 Å². The summed E-state index contributed by atoms with van der Waals surface area (Å²) in [5.41, 5.74) is 1.97. The number of nitrogens with zero attached hydrogens (tertiary/aromatic N) is 2. The van der Waals surface area contributed by atoms with Crippen molar-refractivity contribution in [1.82, 2.24) is 9.55 Å². The fourth-order valence-electron chi connectivity index (χ4n) is 2.85. The summed E-state index contributed by atoms with van der Waals surface area (Å²) in [5.74, 6) is 1.44. The molecule has 27 heavy (non-hydrogen) atoms. The van der Waals surface area contributed by atoms with Gasteiger partial charge in [-0.15, -0.1) is 11.3 Å². The number of thiophene rings is 1. The SMILES string of the molecule is CC(C)CSc1nc2sc(-c3ccccc3)cc2c(=O)n1-c1ccccc1. The smallest absolute Gasteiger partial charge is 0.267 e. The Labute approximate surface area is 166 Å². The molecular formula is C22H20N2OS2. The van der Waals surface area contributed by atoms with Crippen LogP contribution in [0.3, 0.4) is 0 Å². The average Bonchev–Trinajstić information content (AvgIpc) is 3.12. The fraction of sp³-hybridized carbons (Fsp3) is 0.182. The molecule has 0 unspecified atom stereocenters. The standard InChI is InChI=1S/C22H20N2OS2/c1-15(2)14-26-22-23-20-18(13-19(27-20)16-9-5-3-6-10-16)21(25)24(22)17-11-7-4-8-12-17/h3-13,15H,14H2,1-2H3. The second kappa shape index (κ2) is 7.71. The molecule has 4 rings (SSSR count). The number of hydrogen-bond acceptors (Lipinski definition) is 4. The van der Waals surface area contributed by atoms with Gasteiger partial charge in [0.25, 0.3) is 5.56 Å². The zero-order valence-corrected chi connectivity index (χ0v) is 16.9. The van der Waals surface area contributed by atoms with Gasteiger partial charge in [-0.3, -0.25) is 9.36 Å². The molecule has 0 fully saturated rings. The van der Waals surface area contributed by atoms with Crippen LogP contribution < -0.4 is 5.56 Å². The Morgan fingerprint density at radius 1 is 1.04 bits per heavy atom. The Hall–Kier alpha value is -2.37. The predicted octanol–water partition coefficient (Wildman–Crippen LogP) is 5.86. The van der Waals surface area contributed by atoms with Crippen LogP contribution in [-0.4, -0.2) is 15.3 Å². The summed E-state index contributed by atoms with van der Waals surface area (Å²) >= 11 is 3.22. The predicted molar refractivity (Wildman–Crippen MR) is 116 cm³/mol. The first-order chi connectivity index (χ1) is 13.1. The van der Waals surface area contributed by atoms with Gasteiger partial charge in [0.05, 0.1) is 11.1 Å². The lowest BCUT2D eigenvalue weighted by Gasteiger charge is -2.12. The maximum atomic E-state index is 13.4. The van der Waals surface area contributed by atoms with Crippen LogP contribution in [0.5, 0.6) is 0 Å². The normalized spacial score (nSPS) is 11.4. The van der Waals surface area contributed by atoms with Crippen LogP contribution in [0.2, 0.25) is 0 Å². The quantitative estimate of drug-likeness (QED) is 0.315. The Kier molecular flexibility index (Phi) is 5.14. The van der Waals surface area contributed by atoms with Crippen molar-refractivity contribution in [2.75, 3.05) is 5.75 Å². The molecule has 0 spiro atoms. The monoisotopic (exact) mass is 392 g/mol. The van der Waals surface area contributed by atoms with Crippen LogP contribution in [0.4, 0.5) is 0 Å². The molecule has 2 aromatic heterocycles. The lowest BCUT2D eigenvalue weighted by molar-refractivity contribution is 0.742. The van der Waals surface area contributed by atoms with Crippen LogP contribution in [0.1, 0.15) is 13.8 Å². The van der Waals surface area contributed by atoms with E-state index >= 15 is 0 Å². The molecule has 5 heteroatoms. The van der Waals surface area contributed by atoms with Gasteiger partial charge in [0.1, 0.15) is 4.83 Å². The van der Waals surface area contributed by atoms with Crippen LogP contribution >= 0.6 is 23.1 Å². The van der Waals surface area contributed by atoms with E-state index in [1.54, 1.807) is 27.7 Å². The van der Waals surface area contributed by atoms with Crippen LogP contribution in [-0.2, 0) is 0 Å². The maximum Gasteiger partial charge on any atom is 0.267 e. The molecule has 0 saturated carbocycles. The number of benzene rings is 2. The van der Waals surface area contributed by atoms with Gasteiger partial charge in [-0.2, -0.15) is 0 Å². The summed E-state index contributed by atoms with van der Waals surface area (Å²) in [6.45, 7) is 4.35. The molecule has 136 valence electrons. The van der Waals surface area contributed by atoms with Crippen molar-refractivity contribution < 1.29 is 0 Å². The largest absolute Gasteiger partial charge is 0.268 e. The second-order valence-corrected chi connectivity index (χ2v) is 8.79. The summed E-state index contributed by atoms with van der Waals surface area (Å²) in [6.07, 6.45) is 0. The first-order valence-corrected chi connectivity index (χ1v) is 10.7. The Bertz CT molecular complexity index is 1120. The van der Waals surface area contributed by atoms with Crippen LogP contribution in [0.15, 0.2) is 76.7 Å². The number of aromatic nitrogens is 2. The Morgan fingerprint density at radius 3 is 2.37 bits per heavy atom. The van der Waals surface area contributed by atoms with Crippen molar-refractivity contribution in [3.63, 3.8) is 0 Å². The average molecular weight is 393 g/mol. The van der Waals surface area contributed by atoms with E-state index in [9.17, 15) is 4.79 Å². The van der Waals surface area contributed by atoms with Crippen LogP contribution in [0, 0.1) is 5.92 Å². The van der Waals surface area contributed by atoms with E-state index < -0.39 is 0 Å². The van der Waals surface area contributed by atoms with Gasteiger partial charge >= 0.3 is 0 Å². The number of para-hydroxylation sites is 1. The maximum absolute atomic E-state index is 13.4. The van der Waals surface area contributed by atoms with Crippen molar-refractivity contribution >= 4 is 33.3 Å². The fourth-order valence-corrected chi connectivity index (χ4v) is 4.89. The minimum Gasteiger partial charge on any atom is -0.268 e. The van der Waals surface area contributed by atoms with Crippen molar-refractivity contribution in [2.45, 2.75) is 19.0 Å². The molecule has 0 amide bonds. The second-order valence-electron chi connectivity index (χ2n) is 6.77. The van der Waals surface area contributed by atoms with Crippen molar-refractivity contribution in [2.24, 2.45) is 5.92 Å². The molecule has 0 bridgehead atoms. The molecule has 0 atom stereocenters. The van der Waals surface area contributed by atoms with E-state index in [0.29, 0.717) is 11.3 Å². The lowest BCUT2D eigenvalue weighted by atomic mass is 10.2. The van der Waals surface area contributed by atoms with Crippen molar-refractivity contribution in [3.8, 4) is 16.1 Å². The minimum atomic E-state index is -0.00381. The van der Waals surface area contributed by atoms with Crippen molar-refractivity contribution in [3.05, 3.63) is 77.1 Å². The first kappa shape index (κ1) is 18.0. The zero-order valence-electron chi connectivity index (χ0n) is 15.3. The van der Waals surface area contributed by atoms with Gasteiger partial charge in [-0.25, -0.2) is 4.98 Å². The topological polar surface area (TPSA) is 34.9 Å². The Balaban J connectivity index is 1.92. The number of fused-ring (bicyclic) bond motifs is 1. The summed E-state index contributed by atoms with van der Waals surface area (Å²) in [6, 6.07) is 21.9. The third-order valence-corrected chi connectivity index (χ3v) is 6.60. The Morgan fingerprint density at radius 2 is 1.70 bits per heavy atom. The van der Waals surface area contributed by atoms with Crippen LogP contribution in [0.25, 0.3) is 26.3 Å². The highest BCUT2D eigenvalue weighted by Crippen LogP contribution is 2.33. The van der Waals surface area contributed by atoms with E-state index in [1.165, 1.54) is 0 Å². The van der Waals surface area contributed by atoms with Gasteiger partial charge < -0.3 is 0 Å². The summed E-state index contributed by atoms with van der Waals surface area (Å²) in [5, 5.41) is 1.44. The summed E-state index contributed by atoms with van der Waals surface area (Å²) in [7, 11) is 0. The molecule has 0 saturated heterocycles. The highest BCUT2D eigenvalue weighted by molar-refractivity contribution is 7.99. The van der Waals surface area contributed by atoms with Gasteiger partial charge in [0.15, 0.2) is 5.16 Å². The third kappa shape index (κ3) is 3.70. The van der Waals surface area contributed by atoms with Gasteiger partial charge in [0.2, 0.25) is 0 Å². The van der Waals surface area contributed by atoms with E-state index in [4.69, 9.17) is 4.98 Å². The third-order valence-electron chi connectivity index (χ3n) is 4.15. The first-order valence-electron chi connectivity index (χ1n) is 8.93. The molecule has 2 aromatic carbocycles. The summed E-state index contributed by atoms with van der Waals surface area (Å²) in [4.78, 5) is 20.1. The highest BCUT2D eigenvalue weighted by Gasteiger charge is 2.16. The molecular weight excluding hydrogens is 372 g/mol. The molecule has 0 aliphatic rings. The van der Waals surface area contributed by atoms with Gasteiger partial charge in [0, 0.05) is 10.6 Å². The minimum absolute atomic E-state index is 0.00381. The highest BCUT2D eigenvalue weighted by atomic mass is 32.2. The lowest BCUT2D eigenvalue weighted by Crippen LogP contribution is -2.21. The number of thioether (sulfide) groups is 1. The van der Waals surface area contributed by atoms with E-state index in [1.807, 2.05) is 54.6 Å². The summed E-state index contributed by atoms with van der Waals surface area (Å²) < 4.78 is 1.75. The molecule has 0 N–H and O–H groups in total. The van der Waals surface area contributed by atoms with E-state index in [2.05, 4.69) is 26.0 Å². The molecule has 0 radical (unpaired) electrons. The molecule has 2 heterocycles. The van der Waals surface area contributed by atoms with Gasteiger partial charge in [-0.05, 0) is 29.7 Å². The number of rotatable bonds is 5. The zero-order chi connectivity index (χ0) is 18.8.